The quantitative estimate of drug-likeness (QED) is 0.368. The largest absolute Gasteiger partial charge is 0.423 e. The zero-order chi connectivity index (χ0) is 13.1. The van der Waals surface area contributed by atoms with Gasteiger partial charge in [-0.2, -0.15) is 5.10 Å². The van der Waals surface area contributed by atoms with Crippen molar-refractivity contribution in [2.75, 3.05) is 0 Å². The molecule has 1 aromatic heterocycles. The molecule has 0 aliphatic heterocycles. The zero-order valence-corrected chi connectivity index (χ0v) is 10.5. The summed E-state index contributed by atoms with van der Waals surface area (Å²) >= 11 is 4.62. The molecular formula is C12H11N3O2S. The van der Waals surface area contributed by atoms with Crippen LogP contribution in [0.5, 0.6) is 0 Å². The van der Waals surface area contributed by atoms with Crippen LogP contribution in [0.4, 0.5) is 0 Å². The van der Waals surface area contributed by atoms with Gasteiger partial charge in [0.2, 0.25) is 0 Å². The predicted octanol–water partition coefficient (Wildman–Crippen LogP) is 1.27. The van der Waals surface area contributed by atoms with Gasteiger partial charge in [-0.15, -0.1) is 0 Å². The highest BCUT2D eigenvalue weighted by atomic mass is 32.1. The maximum atomic E-state index is 11.3. The summed E-state index contributed by atoms with van der Waals surface area (Å²) in [6, 6.07) is 6.93. The van der Waals surface area contributed by atoms with Crippen molar-refractivity contribution >= 4 is 34.5 Å². The standard InChI is InChI=1S/C12H11N3O2S/c1-7-4-11(16)17-10-5-8(2-3-9(7)10)6-14-15-12(13)18/h2-6H,1H3,(H3,13,15,18). The van der Waals surface area contributed by atoms with Crippen LogP contribution in [0.15, 0.2) is 38.6 Å². The summed E-state index contributed by atoms with van der Waals surface area (Å²) in [5, 5.41) is 4.82. The number of thiocarbonyl (C=S) groups is 1. The Kier molecular flexibility index (Phi) is 3.38. The van der Waals surface area contributed by atoms with Gasteiger partial charge in [-0.25, -0.2) is 4.79 Å². The molecule has 6 heteroatoms. The molecule has 1 aromatic carbocycles. The number of hydrogen-bond donors (Lipinski definition) is 2. The third kappa shape index (κ3) is 2.72. The lowest BCUT2D eigenvalue weighted by Crippen LogP contribution is -2.23. The van der Waals surface area contributed by atoms with Crippen LogP contribution < -0.4 is 16.8 Å². The number of rotatable bonds is 2. The molecular weight excluding hydrogens is 250 g/mol. The summed E-state index contributed by atoms with van der Waals surface area (Å²) in [6.07, 6.45) is 1.54. The van der Waals surface area contributed by atoms with Gasteiger partial charge in [-0.3, -0.25) is 5.43 Å². The van der Waals surface area contributed by atoms with E-state index in [9.17, 15) is 4.79 Å². The summed E-state index contributed by atoms with van der Waals surface area (Å²) in [6.45, 7) is 1.86. The Hall–Kier alpha value is -2.21. The summed E-state index contributed by atoms with van der Waals surface area (Å²) in [7, 11) is 0. The van der Waals surface area contributed by atoms with Crippen LogP contribution in [0.3, 0.4) is 0 Å². The van der Waals surface area contributed by atoms with Crippen LogP contribution in [0.25, 0.3) is 11.0 Å². The fourth-order valence-corrected chi connectivity index (χ4v) is 1.64. The van der Waals surface area contributed by atoms with Crippen molar-refractivity contribution in [3.8, 4) is 0 Å². The first-order chi connectivity index (χ1) is 8.56. The van der Waals surface area contributed by atoms with E-state index < -0.39 is 0 Å². The minimum absolute atomic E-state index is 0.0921. The zero-order valence-electron chi connectivity index (χ0n) is 9.64. The van der Waals surface area contributed by atoms with Crippen LogP contribution >= 0.6 is 12.2 Å². The molecule has 0 spiro atoms. The molecule has 5 nitrogen and oxygen atoms in total. The van der Waals surface area contributed by atoms with Crippen molar-refractivity contribution in [3.63, 3.8) is 0 Å². The topological polar surface area (TPSA) is 80.6 Å². The summed E-state index contributed by atoms with van der Waals surface area (Å²) in [4.78, 5) is 11.3. The average molecular weight is 261 g/mol. The van der Waals surface area contributed by atoms with E-state index in [4.69, 9.17) is 10.2 Å². The molecule has 2 aromatic rings. The molecule has 0 fully saturated rings. The second-order valence-corrected chi connectivity index (χ2v) is 4.18. The lowest BCUT2D eigenvalue weighted by Gasteiger charge is -2.01. The van der Waals surface area contributed by atoms with E-state index >= 15 is 0 Å². The van der Waals surface area contributed by atoms with Crippen LogP contribution in [0.2, 0.25) is 0 Å². The Morgan fingerprint density at radius 3 is 3.00 bits per heavy atom. The molecule has 0 aliphatic rings. The molecule has 1 heterocycles. The molecule has 18 heavy (non-hydrogen) atoms. The number of fused-ring (bicyclic) bond motifs is 1. The van der Waals surface area contributed by atoms with E-state index in [1.54, 1.807) is 12.3 Å². The first-order valence-electron chi connectivity index (χ1n) is 5.19. The van der Waals surface area contributed by atoms with Gasteiger partial charge in [-0.05, 0) is 36.3 Å². The van der Waals surface area contributed by atoms with Gasteiger partial charge in [0, 0.05) is 11.5 Å². The van der Waals surface area contributed by atoms with Gasteiger partial charge < -0.3 is 10.2 Å². The molecule has 0 bridgehead atoms. The molecule has 0 unspecified atom stereocenters. The third-order valence-corrected chi connectivity index (χ3v) is 2.46. The molecule has 0 aliphatic carbocycles. The number of nitrogens with one attached hydrogen (secondary N) is 1. The van der Waals surface area contributed by atoms with Crippen molar-refractivity contribution in [3.05, 3.63) is 45.8 Å². The molecule has 2 rings (SSSR count). The Labute approximate surface area is 108 Å². The third-order valence-electron chi connectivity index (χ3n) is 2.36. The Bertz CT molecular complexity index is 691. The van der Waals surface area contributed by atoms with Crippen molar-refractivity contribution in [1.82, 2.24) is 5.43 Å². The molecule has 92 valence electrons. The highest BCUT2D eigenvalue weighted by molar-refractivity contribution is 7.80. The first kappa shape index (κ1) is 12.3. The van der Waals surface area contributed by atoms with Gasteiger partial charge in [-0.1, -0.05) is 12.1 Å². The van der Waals surface area contributed by atoms with Crippen LogP contribution in [-0.4, -0.2) is 11.3 Å². The minimum Gasteiger partial charge on any atom is -0.423 e. The predicted molar refractivity (Wildman–Crippen MR) is 74.7 cm³/mol. The number of hydrogen-bond acceptors (Lipinski definition) is 4. The summed E-state index contributed by atoms with van der Waals surface area (Å²) in [5.41, 5.74) is 9.50. The maximum absolute atomic E-state index is 11.3. The number of benzene rings is 1. The monoisotopic (exact) mass is 261 g/mol. The fraction of sp³-hybridized carbons (Fsp3) is 0.0833. The van der Waals surface area contributed by atoms with Crippen LogP contribution in [0.1, 0.15) is 11.1 Å². The second-order valence-electron chi connectivity index (χ2n) is 3.74. The van der Waals surface area contributed by atoms with Crippen molar-refractivity contribution < 1.29 is 4.42 Å². The number of hydrazone groups is 1. The number of aryl methyl sites for hydroxylation is 1. The number of nitrogens with zero attached hydrogens (tertiary/aromatic N) is 1. The van der Waals surface area contributed by atoms with Gasteiger partial charge in [0.25, 0.3) is 0 Å². The summed E-state index contributed by atoms with van der Waals surface area (Å²) < 4.78 is 5.12. The minimum atomic E-state index is -0.365. The molecule has 0 amide bonds. The average Bonchev–Trinajstić information content (AvgIpc) is 2.27. The molecule has 0 radical (unpaired) electrons. The van der Waals surface area contributed by atoms with Gasteiger partial charge in [0.05, 0.1) is 6.21 Å². The van der Waals surface area contributed by atoms with E-state index in [0.717, 1.165) is 16.5 Å². The van der Waals surface area contributed by atoms with Gasteiger partial charge >= 0.3 is 5.63 Å². The highest BCUT2D eigenvalue weighted by Crippen LogP contribution is 2.16. The normalized spacial score (nSPS) is 10.9. The second kappa shape index (κ2) is 4.97. The Balaban J connectivity index is 2.41. The van der Waals surface area contributed by atoms with E-state index in [0.29, 0.717) is 5.58 Å². The number of nitrogens with two attached hydrogens (primary N) is 1. The molecule has 0 saturated carbocycles. The first-order valence-corrected chi connectivity index (χ1v) is 5.60. The van der Waals surface area contributed by atoms with E-state index in [1.165, 1.54) is 6.07 Å². The maximum Gasteiger partial charge on any atom is 0.336 e. The van der Waals surface area contributed by atoms with Crippen molar-refractivity contribution in [1.29, 1.82) is 0 Å². The molecule has 0 saturated heterocycles. The fourth-order valence-electron chi connectivity index (χ4n) is 1.59. The van der Waals surface area contributed by atoms with E-state index in [1.807, 2.05) is 19.1 Å². The van der Waals surface area contributed by atoms with E-state index in [2.05, 4.69) is 22.7 Å². The smallest absolute Gasteiger partial charge is 0.336 e. The lowest BCUT2D eigenvalue weighted by molar-refractivity contribution is 0.560. The van der Waals surface area contributed by atoms with Gasteiger partial charge in [0.1, 0.15) is 5.58 Å². The molecule has 0 atom stereocenters. The highest BCUT2D eigenvalue weighted by Gasteiger charge is 2.02. The van der Waals surface area contributed by atoms with Crippen molar-refractivity contribution in [2.45, 2.75) is 6.92 Å². The van der Waals surface area contributed by atoms with Crippen molar-refractivity contribution in [2.24, 2.45) is 10.8 Å². The SMILES string of the molecule is Cc1cc(=O)oc2cc(C=NNC(N)=S)ccc12. The summed E-state index contributed by atoms with van der Waals surface area (Å²) in [5.74, 6) is 0. The van der Waals surface area contributed by atoms with Crippen LogP contribution in [0, 0.1) is 6.92 Å². The van der Waals surface area contributed by atoms with Crippen LogP contribution in [-0.2, 0) is 0 Å². The Morgan fingerprint density at radius 1 is 1.50 bits per heavy atom. The molecule has 3 N–H and O–H groups in total. The Morgan fingerprint density at radius 2 is 2.28 bits per heavy atom. The van der Waals surface area contributed by atoms with E-state index in [-0.39, 0.29) is 10.7 Å². The van der Waals surface area contributed by atoms with Gasteiger partial charge in [0.15, 0.2) is 5.11 Å². The lowest BCUT2D eigenvalue weighted by atomic mass is 10.1.